The summed E-state index contributed by atoms with van der Waals surface area (Å²) in [5.41, 5.74) is 1.85. The molecule has 0 aromatic carbocycles. The molecule has 15 heavy (non-hydrogen) atoms. The predicted octanol–water partition coefficient (Wildman–Crippen LogP) is 2.19. The summed E-state index contributed by atoms with van der Waals surface area (Å²) in [5.74, 6) is -0.377. The monoisotopic (exact) mass is 268 g/mol. The van der Waals surface area contributed by atoms with Gasteiger partial charge in [-0.3, -0.25) is 4.40 Å². The van der Waals surface area contributed by atoms with E-state index in [1.807, 2.05) is 12.1 Å². The van der Waals surface area contributed by atoms with Gasteiger partial charge in [0.25, 0.3) is 0 Å². The number of pyridine rings is 1. The number of aromatic nitrogens is 2. The maximum Gasteiger partial charge on any atom is 0.356 e. The van der Waals surface area contributed by atoms with E-state index in [-0.39, 0.29) is 5.97 Å². The molecule has 0 bridgehead atoms. The third-order valence-electron chi connectivity index (χ3n) is 2.16. The Morgan fingerprint density at radius 2 is 2.33 bits per heavy atom. The molecular weight excluding hydrogens is 260 g/mol. The zero-order valence-corrected chi connectivity index (χ0v) is 9.91. The van der Waals surface area contributed by atoms with Crippen LogP contribution in [-0.4, -0.2) is 22.5 Å². The number of imidazole rings is 1. The summed E-state index contributed by atoms with van der Waals surface area (Å²) in [6.45, 7) is 1.78. The second-order valence-electron chi connectivity index (χ2n) is 3.09. The lowest BCUT2D eigenvalue weighted by Crippen LogP contribution is -2.06. The number of nitrogens with zero attached hydrogens (tertiary/aromatic N) is 2. The fourth-order valence-corrected chi connectivity index (χ4v) is 1.92. The van der Waals surface area contributed by atoms with Gasteiger partial charge < -0.3 is 4.74 Å². The first-order chi connectivity index (χ1) is 7.15. The Kier molecular flexibility index (Phi) is 2.48. The van der Waals surface area contributed by atoms with E-state index in [0.717, 1.165) is 10.1 Å². The van der Waals surface area contributed by atoms with Crippen molar-refractivity contribution in [2.75, 3.05) is 7.11 Å². The summed E-state index contributed by atoms with van der Waals surface area (Å²) in [6.07, 6.45) is 1.78. The minimum atomic E-state index is -0.377. The molecule has 0 saturated heterocycles. The fourth-order valence-electron chi connectivity index (χ4n) is 1.49. The van der Waals surface area contributed by atoms with E-state index in [2.05, 4.69) is 20.9 Å². The molecular formula is C10H9BrN2O2. The van der Waals surface area contributed by atoms with Crippen molar-refractivity contribution in [3.8, 4) is 0 Å². The third kappa shape index (κ3) is 1.52. The Balaban J connectivity index is 2.79. The van der Waals surface area contributed by atoms with E-state index in [9.17, 15) is 4.79 Å². The Morgan fingerprint density at radius 3 is 3.00 bits per heavy atom. The van der Waals surface area contributed by atoms with Gasteiger partial charge in [0.2, 0.25) is 0 Å². The molecule has 0 spiro atoms. The molecule has 0 aliphatic heterocycles. The van der Waals surface area contributed by atoms with Crippen LogP contribution in [-0.2, 0) is 4.74 Å². The summed E-state index contributed by atoms with van der Waals surface area (Å²) in [5, 5.41) is 0. The van der Waals surface area contributed by atoms with Crippen molar-refractivity contribution in [3.05, 3.63) is 34.2 Å². The van der Waals surface area contributed by atoms with Gasteiger partial charge in [0.15, 0.2) is 11.3 Å². The number of rotatable bonds is 1. The lowest BCUT2D eigenvalue weighted by molar-refractivity contribution is 0.0592. The molecule has 0 fully saturated rings. The number of aryl methyl sites for hydroxylation is 1. The van der Waals surface area contributed by atoms with E-state index in [1.54, 1.807) is 17.5 Å². The third-order valence-corrected chi connectivity index (χ3v) is 2.77. The minimum absolute atomic E-state index is 0.377. The predicted molar refractivity (Wildman–Crippen MR) is 59.0 cm³/mol. The number of fused-ring (bicyclic) bond motifs is 1. The summed E-state index contributed by atoms with van der Waals surface area (Å²) < 4.78 is 7.27. The molecule has 78 valence electrons. The van der Waals surface area contributed by atoms with Crippen LogP contribution < -0.4 is 0 Å². The van der Waals surface area contributed by atoms with Crippen molar-refractivity contribution < 1.29 is 9.53 Å². The van der Waals surface area contributed by atoms with Gasteiger partial charge in [0, 0.05) is 6.20 Å². The van der Waals surface area contributed by atoms with Gasteiger partial charge in [-0.2, -0.15) is 0 Å². The number of ether oxygens (including phenoxy) is 1. The Morgan fingerprint density at radius 1 is 1.60 bits per heavy atom. The Bertz CT molecular complexity index is 533. The summed E-state index contributed by atoms with van der Waals surface area (Å²) in [6, 6.07) is 3.72. The normalized spacial score (nSPS) is 10.6. The molecule has 4 nitrogen and oxygen atoms in total. The van der Waals surface area contributed by atoms with Gasteiger partial charge in [0.1, 0.15) is 0 Å². The average molecular weight is 269 g/mol. The highest BCUT2D eigenvalue weighted by molar-refractivity contribution is 9.10. The zero-order valence-electron chi connectivity index (χ0n) is 8.32. The smallest absolute Gasteiger partial charge is 0.356 e. The molecule has 0 aliphatic carbocycles. The van der Waals surface area contributed by atoms with Gasteiger partial charge in [-0.15, -0.1) is 0 Å². The molecule has 2 aromatic rings. The quantitative estimate of drug-likeness (QED) is 0.745. The first-order valence-electron chi connectivity index (χ1n) is 4.36. The fraction of sp³-hybridized carbons (Fsp3) is 0.200. The molecule has 0 saturated carbocycles. The minimum Gasteiger partial charge on any atom is -0.464 e. The van der Waals surface area contributed by atoms with E-state index >= 15 is 0 Å². The number of carbonyl (C=O) groups is 1. The first-order valence-corrected chi connectivity index (χ1v) is 5.16. The van der Waals surface area contributed by atoms with Crippen LogP contribution in [0.1, 0.15) is 16.2 Å². The average Bonchev–Trinajstić information content (AvgIpc) is 2.55. The molecule has 2 heterocycles. The van der Waals surface area contributed by atoms with Crippen molar-refractivity contribution in [1.82, 2.24) is 9.38 Å². The SMILES string of the molecule is COC(=O)c1c(C)nc2c(Br)cccn12. The van der Waals surface area contributed by atoms with Crippen LogP contribution in [0.2, 0.25) is 0 Å². The zero-order chi connectivity index (χ0) is 11.0. The molecule has 0 radical (unpaired) electrons. The number of halogens is 1. The number of methoxy groups -OCH3 is 1. The van der Waals surface area contributed by atoms with Gasteiger partial charge in [-0.25, -0.2) is 9.78 Å². The largest absolute Gasteiger partial charge is 0.464 e. The van der Waals surface area contributed by atoms with Crippen molar-refractivity contribution in [2.45, 2.75) is 6.92 Å². The van der Waals surface area contributed by atoms with Gasteiger partial charge in [0.05, 0.1) is 17.3 Å². The lowest BCUT2D eigenvalue weighted by atomic mass is 10.3. The van der Waals surface area contributed by atoms with E-state index in [1.165, 1.54) is 7.11 Å². The van der Waals surface area contributed by atoms with Crippen LogP contribution in [0.3, 0.4) is 0 Å². The Hall–Kier alpha value is -1.36. The molecule has 2 rings (SSSR count). The standard InChI is InChI=1S/C10H9BrN2O2/c1-6-8(10(14)15-2)13-5-3-4-7(11)9(13)12-6/h3-5H,1-2H3. The van der Waals surface area contributed by atoms with Crippen molar-refractivity contribution >= 4 is 27.5 Å². The second-order valence-corrected chi connectivity index (χ2v) is 3.94. The van der Waals surface area contributed by atoms with Crippen LogP contribution in [0, 0.1) is 6.92 Å². The molecule has 0 aliphatic rings. The summed E-state index contributed by atoms with van der Waals surface area (Å²) in [7, 11) is 1.36. The van der Waals surface area contributed by atoms with Gasteiger partial charge in [-0.05, 0) is 35.0 Å². The summed E-state index contributed by atoms with van der Waals surface area (Å²) in [4.78, 5) is 15.8. The highest BCUT2D eigenvalue weighted by Crippen LogP contribution is 2.20. The van der Waals surface area contributed by atoms with Crippen LogP contribution in [0.5, 0.6) is 0 Å². The molecule has 0 unspecified atom stereocenters. The van der Waals surface area contributed by atoms with E-state index in [0.29, 0.717) is 11.4 Å². The highest BCUT2D eigenvalue weighted by Gasteiger charge is 2.17. The van der Waals surface area contributed by atoms with Crippen LogP contribution in [0.25, 0.3) is 5.65 Å². The number of hydrogen-bond donors (Lipinski definition) is 0. The molecule has 0 N–H and O–H groups in total. The second kappa shape index (κ2) is 3.66. The molecule has 5 heteroatoms. The van der Waals surface area contributed by atoms with Gasteiger partial charge in [-0.1, -0.05) is 0 Å². The van der Waals surface area contributed by atoms with Crippen molar-refractivity contribution in [1.29, 1.82) is 0 Å². The van der Waals surface area contributed by atoms with Gasteiger partial charge >= 0.3 is 5.97 Å². The summed E-state index contributed by atoms with van der Waals surface area (Å²) >= 11 is 3.38. The maximum absolute atomic E-state index is 11.5. The number of hydrogen-bond acceptors (Lipinski definition) is 3. The number of carbonyl (C=O) groups excluding carboxylic acids is 1. The highest BCUT2D eigenvalue weighted by atomic mass is 79.9. The Labute approximate surface area is 95.0 Å². The maximum atomic E-state index is 11.5. The lowest BCUT2D eigenvalue weighted by Gasteiger charge is -2.00. The molecule has 2 aromatic heterocycles. The molecule has 0 amide bonds. The first kappa shape index (κ1) is 10.2. The van der Waals surface area contributed by atoms with Crippen LogP contribution in [0.15, 0.2) is 22.8 Å². The van der Waals surface area contributed by atoms with Crippen LogP contribution in [0.4, 0.5) is 0 Å². The molecule has 0 atom stereocenters. The van der Waals surface area contributed by atoms with E-state index < -0.39 is 0 Å². The van der Waals surface area contributed by atoms with Crippen molar-refractivity contribution in [3.63, 3.8) is 0 Å². The number of esters is 1. The van der Waals surface area contributed by atoms with E-state index in [4.69, 9.17) is 4.74 Å². The van der Waals surface area contributed by atoms with Crippen LogP contribution >= 0.6 is 15.9 Å². The topological polar surface area (TPSA) is 43.6 Å². The van der Waals surface area contributed by atoms with Crippen molar-refractivity contribution in [2.24, 2.45) is 0 Å².